The van der Waals surface area contributed by atoms with E-state index in [1.165, 1.54) is 0 Å². The quantitative estimate of drug-likeness (QED) is 0.661. The molecule has 4 N–H and O–H groups in total. The third-order valence-corrected chi connectivity index (χ3v) is 3.94. The minimum Gasteiger partial charge on any atom is -0.393 e. The van der Waals surface area contributed by atoms with Gasteiger partial charge >= 0.3 is 0 Å². The van der Waals surface area contributed by atoms with Crippen LogP contribution in [0.15, 0.2) is 0 Å². The third-order valence-electron chi connectivity index (χ3n) is 3.94. The molecule has 16 heavy (non-hydrogen) atoms. The molecular formula is C12H24N2O2. The summed E-state index contributed by atoms with van der Waals surface area (Å²) in [6.07, 6.45) is 1.43. The molecule has 0 aromatic carbocycles. The van der Waals surface area contributed by atoms with Crippen molar-refractivity contribution in [3.05, 3.63) is 0 Å². The van der Waals surface area contributed by atoms with Crippen molar-refractivity contribution in [1.82, 2.24) is 5.32 Å². The van der Waals surface area contributed by atoms with Gasteiger partial charge in [0.1, 0.15) is 0 Å². The number of amides is 1. The smallest absolute Gasteiger partial charge is 0.227 e. The van der Waals surface area contributed by atoms with Gasteiger partial charge in [0.15, 0.2) is 0 Å². The summed E-state index contributed by atoms with van der Waals surface area (Å²) in [7, 11) is 0. The van der Waals surface area contributed by atoms with E-state index < -0.39 is 11.0 Å². The Kier molecular flexibility index (Phi) is 3.65. The summed E-state index contributed by atoms with van der Waals surface area (Å²) < 4.78 is 0. The van der Waals surface area contributed by atoms with Crippen molar-refractivity contribution in [2.45, 2.75) is 52.2 Å². The second-order valence-electron chi connectivity index (χ2n) is 6.05. The second-order valence-corrected chi connectivity index (χ2v) is 6.05. The van der Waals surface area contributed by atoms with Gasteiger partial charge in [0.2, 0.25) is 5.91 Å². The number of nitrogens with two attached hydrogens (primary N) is 1. The molecule has 1 saturated carbocycles. The first-order valence-electron chi connectivity index (χ1n) is 5.90. The van der Waals surface area contributed by atoms with Crippen LogP contribution in [0.3, 0.4) is 0 Å². The van der Waals surface area contributed by atoms with Crippen LogP contribution in [0.1, 0.15) is 40.5 Å². The Hall–Kier alpha value is -0.610. The molecule has 1 fully saturated rings. The highest BCUT2D eigenvalue weighted by molar-refractivity contribution is 5.83. The van der Waals surface area contributed by atoms with Crippen molar-refractivity contribution in [2.24, 2.45) is 17.1 Å². The van der Waals surface area contributed by atoms with E-state index in [2.05, 4.69) is 5.32 Å². The van der Waals surface area contributed by atoms with Gasteiger partial charge in [0.25, 0.3) is 0 Å². The number of aliphatic hydroxyl groups excluding tert-OH is 1. The molecule has 4 heteroatoms. The fourth-order valence-corrected chi connectivity index (χ4v) is 1.62. The van der Waals surface area contributed by atoms with Crippen molar-refractivity contribution < 1.29 is 9.90 Å². The molecule has 0 unspecified atom stereocenters. The molecule has 1 aliphatic rings. The minimum atomic E-state index is -0.588. The zero-order chi connectivity index (χ0) is 12.6. The summed E-state index contributed by atoms with van der Waals surface area (Å²) in [5.41, 5.74) is 4.85. The zero-order valence-corrected chi connectivity index (χ0v) is 10.7. The molecule has 0 spiro atoms. The van der Waals surface area contributed by atoms with Gasteiger partial charge in [-0.3, -0.25) is 4.79 Å². The van der Waals surface area contributed by atoms with Crippen molar-refractivity contribution >= 4 is 5.91 Å². The van der Waals surface area contributed by atoms with Crippen LogP contribution in [0, 0.1) is 11.3 Å². The zero-order valence-electron chi connectivity index (χ0n) is 10.7. The Balaban J connectivity index is 2.40. The van der Waals surface area contributed by atoms with E-state index in [0.717, 1.165) is 12.8 Å². The molecule has 94 valence electrons. The summed E-state index contributed by atoms with van der Waals surface area (Å²) >= 11 is 0. The summed E-state index contributed by atoms with van der Waals surface area (Å²) in [5, 5.41) is 12.1. The molecule has 1 rings (SSSR count). The largest absolute Gasteiger partial charge is 0.393 e. The van der Waals surface area contributed by atoms with Gasteiger partial charge < -0.3 is 16.2 Å². The third kappa shape index (κ3) is 2.74. The van der Waals surface area contributed by atoms with Gasteiger partial charge in [-0.25, -0.2) is 0 Å². The Morgan fingerprint density at radius 1 is 1.38 bits per heavy atom. The summed E-state index contributed by atoms with van der Waals surface area (Å²) in [6.45, 7) is 8.09. The lowest BCUT2D eigenvalue weighted by Crippen LogP contribution is -2.56. The average Bonchev–Trinajstić information content (AvgIpc) is 2.07. The topological polar surface area (TPSA) is 75.4 Å². The first kappa shape index (κ1) is 13.5. The van der Waals surface area contributed by atoms with Crippen LogP contribution < -0.4 is 11.1 Å². The fourth-order valence-electron chi connectivity index (χ4n) is 1.62. The van der Waals surface area contributed by atoms with Gasteiger partial charge in [0.05, 0.1) is 11.5 Å². The monoisotopic (exact) mass is 228 g/mol. The maximum atomic E-state index is 12.0. The molecule has 0 radical (unpaired) electrons. The number of nitrogens with one attached hydrogen (secondary N) is 1. The van der Waals surface area contributed by atoms with Gasteiger partial charge in [0, 0.05) is 12.1 Å². The van der Waals surface area contributed by atoms with Crippen LogP contribution in [-0.2, 0) is 4.79 Å². The first-order valence-corrected chi connectivity index (χ1v) is 5.90. The number of aliphatic hydroxyl groups is 1. The van der Waals surface area contributed by atoms with Crippen LogP contribution in [0.2, 0.25) is 0 Å². The number of hydrogen-bond donors (Lipinski definition) is 3. The molecule has 0 saturated heterocycles. The minimum absolute atomic E-state index is 0.0126. The highest BCUT2D eigenvalue weighted by Crippen LogP contribution is 2.30. The molecule has 0 aromatic rings. The molecule has 0 aromatic heterocycles. The predicted octanol–water partition coefficient (Wildman–Crippen LogP) is 0.637. The highest BCUT2D eigenvalue weighted by atomic mass is 16.3. The van der Waals surface area contributed by atoms with Crippen LogP contribution in [0.25, 0.3) is 0 Å². The Labute approximate surface area is 97.6 Å². The Bertz CT molecular complexity index is 263. The fraction of sp³-hybridized carbons (Fsp3) is 0.917. The SMILES string of the molecule is CC(C)(N)C(C)(C)C(=O)NCC1CC(O)C1. The van der Waals surface area contributed by atoms with E-state index >= 15 is 0 Å². The van der Waals surface area contributed by atoms with Crippen molar-refractivity contribution in [3.8, 4) is 0 Å². The number of hydrogen-bond acceptors (Lipinski definition) is 3. The van der Waals surface area contributed by atoms with E-state index in [1.807, 2.05) is 27.7 Å². The normalized spacial score (nSPS) is 26.1. The standard InChI is InChI=1S/C12H24N2O2/c1-11(2,12(3,4)13)10(16)14-7-8-5-9(15)6-8/h8-9,15H,5-7,13H2,1-4H3,(H,14,16). The van der Waals surface area contributed by atoms with E-state index in [1.54, 1.807) is 0 Å². The lowest BCUT2D eigenvalue weighted by molar-refractivity contribution is -0.132. The number of carbonyl (C=O) groups excluding carboxylic acids is 1. The second kappa shape index (κ2) is 4.34. The number of rotatable bonds is 4. The van der Waals surface area contributed by atoms with Gasteiger partial charge in [-0.05, 0) is 46.5 Å². The lowest BCUT2D eigenvalue weighted by atomic mass is 9.74. The molecule has 0 heterocycles. The van der Waals surface area contributed by atoms with Crippen LogP contribution in [0.4, 0.5) is 0 Å². The molecular weight excluding hydrogens is 204 g/mol. The molecule has 1 amide bonds. The van der Waals surface area contributed by atoms with E-state index in [9.17, 15) is 4.79 Å². The van der Waals surface area contributed by atoms with Crippen molar-refractivity contribution in [3.63, 3.8) is 0 Å². The van der Waals surface area contributed by atoms with Gasteiger partial charge in [-0.2, -0.15) is 0 Å². The maximum absolute atomic E-state index is 12.0. The molecule has 1 aliphatic carbocycles. The predicted molar refractivity (Wildman–Crippen MR) is 63.8 cm³/mol. The number of carbonyl (C=O) groups is 1. The average molecular weight is 228 g/mol. The maximum Gasteiger partial charge on any atom is 0.227 e. The molecule has 4 nitrogen and oxygen atoms in total. The Morgan fingerprint density at radius 3 is 2.25 bits per heavy atom. The first-order chi connectivity index (χ1) is 7.14. The van der Waals surface area contributed by atoms with Crippen LogP contribution in [-0.4, -0.2) is 29.2 Å². The van der Waals surface area contributed by atoms with Crippen LogP contribution in [0.5, 0.6) is 0 Å². The lowest BCUT2D eigenvalue weighted by Gasteiger charge is -2.38. The van der Waals surface area contributed by atoms with E-state index in [4.69, 9.17) is 10.8 Å². The van der Waals surface area contributed by atoms with E-state index in [-0.39, 0.29) is 12.0 Å². The highest BCUT2D eigenvalue weighted by Gasteiger charge is 2.40. The Morgan fingerprint density at radius 2 is 1.88 bits per heavy atom. The summed E-state index contributed by atoms with van der Waals surface area (Å²) in [4.78, 5) is 12.0. The summed E-state index contributed by atoms with van der Waals surface area (Å²) in [5.74, 6) is 0.414. The van der Waals surface area contributed by atoms with Crippen molar-refractivity contribution in [1.29, 1.82) is 0 Å². The van der Waals surface area contributed by atoms with Crippen LogP contribution >= 0.6 is 0 Å². The van der Waals surface area contributed by atoms with Gasteiger partial charge in [-0.15, -0.1) is 0 Å². The molecule has 0 atom stereocenters. The van der Waals surface area contributed by atoms with Crippen molar-refractivity contribution in [2.75, 3.05) is 6.54 Å². The van der Waals surface area contributed by atoms with Gasteiger partial charge in [-0.1, -0.05) is 0 Å². The molecule has 0 aliphatic heterocycles. The summed E-state index contributed by atoms with van der Waals surface area (Å²) in [6, 6.07) is 0. The molecule has 0 bridgehead atoms. The van der Waals surface area contributed by atoms with E-state index in [0.29, 0.717) is 12.5 Å².